The molecular formula is C22H25ClN2O2S. The van der Waals surface area contributed by atoms with Gasteiger partial charge in [0.25, 0.3) is 5.91 Å². The molecule has 0 radical (unpaired) electrons. The number of carbonyl (C=O) groups is 1. The van der Waals surface area contributed by atoms with Gasteiger partial charge in [0.15, 0.2) is 4.80 Å². The molecule has 3 rings (SSSR count). The summed E-state index contributed by atoms with van der Waals surface area (Å²) < 4.78 is 8.87. The van der Waals surface area contributed by atoms with Crippen LogP contribution in [0, 0.1) is 0 Å². The van der Waals surface area contributed by atoms with Gasteiger partial charge in [-0.05, 0) is 49.2 Å². The first kappa shape index (κ1) is 20.6. The average molecular weight is 417 g/mol. The largest absolute Gasteiger partial charge is 0.494 e. The van der Waals surface area contributed by atoms with Gasteiger partial charge in [0, 0.05) is 17.1 Å². The van der Waals surface area contributed by atoms with Gasteiger partial charge in [-0.3, -0.25) is 4.79 Å². The number of fused-ring (bicyclic) bond motifs is 1. The number of benzene rings is 2. The van der Waals surface area contributed by atoms with Crippen molar-refractivity contribution in [1.29, 1.82) is 0 Å². The Hall–Kier alpha value is -2.11. The van der Waals surface area contributed by atoms with E-state index in [9.17, 15) is 4.79 Å². The van der Waals surface area contributed by atoms with Crippen LogP contribution < -0.4 is 9.54 Å². The van der Waals surface area contributed by atoms with Crippen LogP contribution in [0.2, 0.25) is 5.02 Å². The topological polar surface area (TPSA) is 43.6 Å². The maximum Gasteiger partial charge on any atom is 0.279 e. The second-order valence-corrected chi connectivity index (χ2v) is 8.09. The molecule has 0 aliphatic rings. The van der Waals surface area contributed by atoms with Gasteiger partial charge in [0.05, 0.1) is 16.8 Å². The number of ether oxygens (including phenoxy) is 1. The van der Waals surface area contributed by atoms with Crippen LogP contribution in [0.1, 0.15) is 49.9 Å². The summed E-state index contributed by atoms with van der Waals surface area (Å²) in [7, 11) is 0. The summed E-state index contributed by atoms with van der Waals surface area (Å²) in [5.41, 5.74) is 1.59. The molecule has 3 aromatic rings. The third kappa shape index (κ3) is 5.03. The lowest BCUT2D eigenvalue weighted by atomic mass is 10.2. The minimum atomic E-state index is -0.262. The molecule has 2 aromatic carbocycles. The molecule has 0 saturated carbocycles. The highest BCUT2D eigenvalue weighted by Crippen LogP contribution is 2.22. The molecule has 0 fully saturated rings. The number of aromatic nitrogens is 1. The summed E-state index contributed by atoms with van der Waals surface area (Å²) in [6.07, 6.45) is 4.26. The van der Waals surface area contributed by atoms with Gasteiger partial charge in [0.1, 0.15) is 5.75 Å². The Kier molecular flexibility index (Phi) is 7.29. The van der Waals surface area contributed by atoms with Crippen molar-refractivity contribution >= 4 is 39.1 Å². The summed E-state index contributed by atoms with van der Waals surface area (Å²) in [5, 5.41) is 0.684. The average Bonchev–Trinajstić information content (AvgIpc) is 3.02. The Morgan fingerprint density at radius 1 is 1.14 bits per heavy atom. The predicted octanol–water partition coefficient (Wildman–Crippen LogP) is 6.08. The molecule has 1 amide bonds. The molecule has 28 heavy (non-hydrogen) atoms. The first-order chi connectivity index (χ1) is 13.6. The molecule has 0 aliphatic heterocycles. The van der Waals surface area contributed by atoms with Crippen molar-refractivity contribution in [2.24, 2.45) is 4.99 Å². The quantitative estimate of drug-likeness (QED) is 0.418. The van der Waals surface area contributed by atoms with E-state index in [-0.39, 0.29) is 5.91 Å². The van der Waals surface area contributed by atoms with Gasteiger partial charge in [-0.2, -0.15) is 4.99 Å². The second kappa shape index (κ2) is 9.89. The minimum absolute atomic E-state index is 0.262. The molecule has 4 nitrogen and oxygen atoms in total. The van der Waals surface area contributed by atoms with E-state index in [1.54, 1.807) is 12.1 Å². The third-order valence-electron chi connectivity index (χ3n) is 4.39. The second-order valence-electron chi connectivity index (χ2n) is 6.65. The third-order valence-corrected chi connectivity index (χ3v) is 5.66. The zero-order valence-electron chi connectivity index (χ0n) is 16.3. The molecule has 0 N–H and O–H groups in total. The maximum absolute atomic E-state index is 12.8. The van der Waals surface area contributed by atoms with Gasteiger partial charge >= 0.3 is 0 Å². The van der Waals surface area contributed by atoms with E-state index in [0.29, 0.717) is 27.7 Å². The van der Waals surface area contributed by atoms with Crippen molar-refractivity contribution in [3.05, 3.63) is 57.9 Å². The van der Waals surface area contributed by atoms with Crippen LogP contribution in [-0.4, -0.2) is 17.1 Å². The lowest BCUT2D eigenvalue weighted by molar-refractivity contribution is 0.0997. The monoisotopic (exact) mass is 416 g/mol. The van der Waals surface area contributed by atoms with Crippen LogP contribution in [0.15, 0.2) is 47.5 Å². The predicted molar refractivity (Wildman–Crippen MR) is 116 cm³/mol. The molecule has 0 bridgehead atoms. The molecule has 0 spiro atoms. The van der Waals surface area contributed by atoms with Crippen LogP contribution in [-0.2, 0) is 6.54 Å². The molecule has 1 aromatic heterocycles. The highest BCUT2D eigenvalue weighted by atomic mass is 35.5. The molecule has 0 unspecified atom stereocenters. The minimum Gasteiger partial charge on any atom is -0.494 e. The first-order valence-corrected chi connectivity index (χ1v) is 10.9. The highest BCUT2D eigenvalue weighted by Gasteiger charge is 2.10. The van der Waals surface area contributed by atoms with Crippen LogP contribution in [0.4, 0.5) is 0 Å². The number of thiazole rings is 1. The summed E-state index contributed by atoms with van der Waals surface area (Å²) in [6, 6.07) is 13.0. The fourth-order valence-electron chi connectivity index (χ4n) is 2.98. The van der Waals surface area contributed by atoms with Crippen LogP contribution in [0.25, 0.3) is 10.2 Å². The molecule has 1 heterocycles. The van der Waals surface area contributed by atoms with E-state index >= 15 is 0 Å². The Morgan fingerprint density at radius 3 is 2.79 bits per heavy atom. The number of unbranched alkanes of at least 4 members (excludes halogenated alkanes) is 2. The van der Waals surface area contributed by atoms with Crippen molar-refractivity contribution in [3.63, 3.8) is 0 Å². The fraction of sp³-hybridized carbons (Fsp3) is 0.364. The Labute approximate surface area is 174 Å². The molecule has 0 atom stereocenters. The van der Waals surface area contributed by atoms with Crippen LogP contribution in [0.3, 0.4) is 0 Å². The van der Waals surface area contributed by atoms with E-state index in [0.717, 1.165) is 42.4 Å². The first-order valence-electron chi connectivity index (χ1n) is 9.73. The number of nitrogens with zero attached hydrogens (tertiary/aromatic N) is 2. The summed E-state index contributed by atoms with van der Waals surface area (Å²) in [4.78, 5) is 17.9. The molecule has 148 valence electrons. The van der Waals surface area contributed by atoms with Crippen LogP contribution in [0.5, 0.6) is 5.75 Å². The van der Waals surface area contributed by atoms with Gasteiger partial charge in [-0.15, -0.1) is 0 Å². The maximum atomic E-state index is 12.8. The number of halogens is 1. The van der Waals surface area contributed by atoms with E-state index < -0.39 is 0 Å². The van der Waals surface area contributed by atoms with Crippen molar-refractivity contribution < 1.29 is 9.53 Å². The molecule has 0 aliphatic carbocycles. The standard InChI is InChI=1S/C22H25ClN2O2S/c1-3-5-6-13-27-18-9-7-8-16(14-18)21(26)24-22-25(12-4-2)19-11-10-17(23)15-20(19)28-22/h7-11,14-15H,3-6,12-13H2,1-2H3. The van der Waals surface area contributed by atoms with Gasteiger partial charge < -0.3 is 9.30 Å². The number of amides is 1. The van der Waals surface area contributed by atoms with E-state index in [4.69, 9.17) is 16.3 Å². The smallest absolute Gasteiger partial charge is 0.279 e. The van der Waals surface area contributed by atoms with E-state index in [1.165, 1.54) is 11.3 Å². The SMILES string of the molecule is CCCCCOc1cccc(C(=O)N=c2sc3cc(Cl)ccc3n2CCC)c1. The molecule has 6 heteroatoms. The zero-order valence-corrected chi connectivity index (χ0v) is 17.9. The number of aryl methyl sites for hydroxylation is 1. The van der Waals surface area contributed by atoms with Gasteiger partial charge in [-0.25, -0.2) is 0 Å². The molecular weight excluding hydrogens is 392 g/mol. The fourth-order valence-corrected chi connectivity index (χ4v) is 4.32. The number of hydrogen-bond acceptors (Lipinski definition) is 3. The number of hydrogen-bond donors (Lipinski definition) is 0. The summed E-state index contributed by atoms with van der Waals surface area (Å²) in [5.74, 6) is 0.447. The van der Waals surface area contributed by atoms with Crippen molar-refractivity contribution in [2.75, 3.05) is 6.61 Å². The Balaban J connectivity index is 1.89. The number of carbonyl (C=O) groups excluding carboxylic acids is 1. The molecule has 0 saturated heterocycles. The Bertz CT molecular complexity index is 1020. The van der Waals surface area contributed by atoms with E-state index in [1.807, 2.05) is 30.3 Å². The highest BCUT2D eigenvalue weighted by molar-refractivity contribution is 7.16. The lowest BCUT2D eigenvalue weighted by Gasteiger charge is -2.06. The normalized spacial score (nSPS) is 11.9. The zero-order chi connectivity index (χ0) is 19.9. The van der Waals surface area contributed by atoms with Crippen molar-refractivity contribution in [3.8, 4) is 5.75 Å². The lowest BCUT2D eigenvalue weighted by Crippen LogP contribution is -2.16. The van der Waals surface area contributed by atoms with Crippen LogP contribution >= 0.6 is 22.9 Å². The van der Waals surface area contributed by atoms with Gasteiger partial charge in [-0.1, -0.05) is 55.7 Å². The summed E-state index contributed by atoms with van der Waals surface area (Å²) in [6.45, 7) is 5.73. The van der Waals surface area contributed by atoms with Crippen molar-refractivity contribution in [1.82, 2.24) is 4.57 Å². The Morgan fingerprint density at radius 2 is 2.00 bits per heavy atom. The van der Waals surface area contributed by atoms with Crippen molar-refractivity contribution in [2.45, 2.75) is 46.1 Å². The van der Waals surface area contributed by atoms with Gasteiger partial charge in [0.2, 0.25) is 0 Å². The summed E-state index contributed by atoms with van der Waals surface area (Å²) >= 11 is 7.61. The number of rotatable bonds is 8. The van der Waals surface area contributed by atoms with E-state index in [2.05, 4.69) is 23.4 Å².